The number of nitrogens with zero attached hydrogens (tertiary/aromatic N) is 2. The maximum absolute atomic E-state index is 14.1. The van der Waals surface area contributed by atoms with E-state index in [1.807, 2.05) is 0 Å². The van der Waals surface area contributed by atoms with Crippen molar-refractivity contribution in [3.8, 4) is 5.69 Å². The molecule has 3 aromatic carbocycles. The molecule has 1 aromatic heterocycles. The Morgan fingerprint density at radius 3 is 2.30 bits per heavy atom. The van der Waals surface area contributed by atoms with E-state index >= 15 is 0 Å². The molecule has 0 aliphatic heterocycles. The van der Waals surface area contributed by atoms with Crippen molar-refractivity contribution >= 4 is 33.3 Å². The van der Waals surface area contributed by atoms with Crippen molar-refractivity contribution in [1.29, 1.82) is 0 Å². The number of halogens is 2. The summed E-state index contributed by atoms with van der Waals surface area (Å²) in [5, 5.41) is 2.50. The largest absolute Gasteiger partial charge is 0.449 e. The zero-order valence-corrected chi connectivity index (χ0v) is 22.3. The maximum Gasteiger partial charge on any atom is 0.341 e. The van der Waals surface area contributed by atoms with E-state index in [1.54, 1.807) is 49.0 Å². The van der Waals surface area contributed by atoms with Crippen LogP contribution in [0.15, 0.2) is 82.5 Å². The van der Waals surface area contributed by atoms with Gasteiger partial charge in [0, 0.05) is 13.1 Å². The number of para-hydroxylation sites is 2. The van der Waals surface area contributed by atoms with Crippen molar-refractivity contribution in [3.63, 3.8) is 0 Å². The van der Waals surface area contributed by atoms with Crippen LogP contribution in [-0.2, 0) is 26.6 Å². The van der Waals surface area contributed by atoms with Crippen LogP contribution in [-0.4, -0.2) is 35.8 Å². The Morgan fingerprint density at radius 1 is 0.975 bits per heavy atom. The van der Waals surface area contributed by atoms with Gasteiger partial charge in [-0.25, -0.2) is 26.7 Å². The highest BCUT2D eigenvalue weighted by Crippen LogP contribution is 2.23. The Kier molecular flexibility index (Phi) is 7.86. The number of hydrogen-bond donors (Lipinski definition) is 2. The molecule has 1 heterocycles. The minimum atomic E-state index is -4.55. The molecule has 208 valence electrons. The van der Waals surface area contributed by atoms with Crippen LogP contribution in [0.1, 0.15) is 23.0 Å². The van der Waals surface area contributed by atoms with Crippen molar-refractivity contribution in [1.82, 2.24) is 9.36 Å². The van der Waals surface area contributed by atoms with Gasteiger partial charge in [-0.15, -0.1) is 0 Å². The van der Waals surface area contributed by atoms with E-state index in [1.165, 1.54) is 35.9 Å². The second kappa shape index (κ2) is 11.1. The number of esters is 1. The molecule has 4 aromatic rings. The molecule has 0 saturated carbocycles. The molecule has 4 rings (SSSR count). The molecule has 0 radical (unpaired) electrons. The molecule has 2 N–H and O–H groups in total. The van der Waals surface area contributed by atoms with Crippen molar-refractivity contribution in [2.75, 3.05) is 10.0 Å². The fourth-order valence-electron chi connectivity index (χ4n) is 3.86. The predicted octanol–water partition coefficient (Wildman–Crippen LogP) is 3.75. The first-order chi connectivity index (χ1) is 18.9. The van der Waals surface area contributed by atoms with Crippen molar-refractivity contribution in [2.45, 2.75) is 24.8 Å². The van der Waals surface area contributed by atoms with Gasteiger partial charge in [-0.3, -0.25) is 19.0 Å². The highest BCUT2D eigenvalue weighted by molar-refractivity contribution is 7.92. The third kappa shape index (κ3) is 5.64. The van der Waals surface area contributed by atoms with Gasteiger partial charge in [0.25, 0.3) is 21.5 Å². The molecule has 0 saturated heterocycles. The quantitative estimate of drug-likeness (QED) is 0.311. The number of rotatable bonds is 8. The van der Waals surface area contributed by atoms with Crippen molar-refractivity contribution in [2.24, 2.45) is 7.05 Å². The normalized spacial score (nSPS) is 12.0. The van der Waals surface area contributed by atoms with Crippen LogP contribution in [0.2, 0.25) is 0 Å². The number of sulfonamides is 1. The van der Waals surface area contributed by atoms with E-state index in [2.05, 4.69) is 10.0 Å². The number of anilines is 2. The lowest BCUT2D eigenvalue weighted by Gasteiger charge is -2.16. The fraction of sp³-hybridized carbons (Fsp3) is 0.148. The molecule has 0 bridgehead atoms. The van der Waals surface area contributed by atoms with Crippen molar-refractivity contribution < 1.29 is 31.5 Å². The monoisotopic (exact) mass is 570 g/mol. The number of carbonyl (C=O) groups is 2. The lowest BCUT2D eigenvalue weighted by atomic mass is 10.2. The summed E-state index contributed by atoms with van der Waals surface area (Å²) in [6, 6.07) is 16.0. The molecular formula is C27H24F2N4O6S. The SMILES string of the molecule is Cc1c(NC(=O)C(C)OC(=O)c2ccccc2NS(=O)(=O)c2ccc(F)cc2F)c(=O)n(-c2ccccc2)n1C. The second-order valence-electron chi connectivity index (χ2n) is 8.70. The summed E-state index contributed by atoms with van der Waals surface area (Å²) in [7, 11) is -2.90. The lowest BCUT2D eigenvalue weighted by Crippen LogP contribution is -2.32. The Bertz CT molecular complexity index is 1770. The van der Waals surface area contributed by atoms with Gasteiger partial charge in [-0.1, -0.05) is 30.3 Å². The van der Waals surface area contributed by atoms with Crippen LogP contribution < -0.4 is 15.6 Å². The van der Waals surface area contributed by atoms with Gasteiger partial charge in [-0.2, -0.15) is 0 Å². The molecule has 1 amide bonds. The van der Waals surface area contributed by atoms with Gasteiger partial charge >= 0.3 is 5.97 Å². The van der Waals surface area contributed by atoms with E-state index in [4.69, 9.17) is 4.74 Å². The molecule has 0 aliphatic rings. The van der Waals surface area contributed by atoms with Crippen LogP contribution in [0, 0.1) is 18.6 Å². The van der Waals surface area contributed by atoms with Gasteiger partial charge < -0.3 is 10.1 Å². The third-order valence-corrected chi connectivity index (χ3v) is 7.43. The van der Waals surface area contributed by atoms with Crippen molar-refractivity contribution in [3.05, 3.63) is 106 Å². The molecule has 0 spiro atoms. The molecule has 40 heavy (non-hydrogen) atoms. The van der Waals surface area contributed by atoms with Gasteiger partial charge in [0.05, 0.1) is 22.6 Å². The number of carbonyl (C=O) groups excluding carboxylic acids is 2. The molecule has 10 nitrogen and oxygen atoms in total. The number of hydrogen-bond acceptors (Lipinski definition) is 6. The summed E-state index contributed by atoms with van der Waals surface area (Å²) in [6.07, 6.45) is -1.39. The molecular weight excluding hydrogens is 546 g/mol. The summed E-state index contributed by atoms with van der Waals surface area (Å²) < 4.78 is 63.0. The topological polar surface area (TPSA) is 128 Å². The Labute approximate surface area is 227 Å². The van der Waals surface area contributed by atoms with Crippen LogP contribution in [0.25, 0.3) is 5.69 Å². The summed E-state index contributed by atoms with van der Waals surface area (Å²) in [4.78, 5) is 38.0. The van der Waals surface area contributed by atoms with E-state index in [0.29, 0.717) is 17.4 Å². The standard InChI is InChI=1S/C27H24F2N4O6S/c1-16-24(26(35)33(32(16)3)19-9-5-4-6-10-19)30-25(34)17(2)39-27(36)20-11-7-8-12-22(20)31-40(37,38)23-14-13-18(28)15-21(23)29/h4-15,17,31H,1-3H3,(H,30,34). The number of amides is 1. The summed E-state index contributed by atoms with van der Waals surface area (Å²) >= 11 is 0. The number of aromatic nitrogens is 2. The van der Waals surface area contributed by atoms with E-state index < -0.39 is 50.1 Å². The molecule has 0 fully saturated rings. The first-order valence-electron chi connectivity index (χ1n) is 11.8. The molecule has 0 aliphatic carbocycles. The maximum atomic E-state index is 14.1. The van der Waals surface area contributed by atoms with Gasteiger partial charge in [-0.05, 0) is 50.2 Å². The molecule has 1 atom stereocenters. The number of ether oxygens (including phenoxy) is 1. The molecule has 13 heteroatoms. The highest BCUT2D eigenvalue weighted by atomic mass is 32.2. The van der Waals surface area contributed by atoms with Crippen LogP contribution >= 0.6 is 0 Å². The van der Waals surface area contributed by atoms with E-state index in [0.717, 1.165) is 12.1 Å². The fourth-order valence-corrected chi connectivity index (χ4v) is 5.00. The van der Waals surface area contributed by atoms with E-state index in [-0.39, 0.29) is 16.9 Å². The first kappa shape index (κ1) is 28.2. The first-order valence-corrected chi connectivity index (χ1v) is 13.3. The molecule has 1 unspecified atom stereocenters. The predicted molar refractivity (Wildman–Crippen MR) is 143 cm³/mol. The van der Waals surface area contributed by atoms with Crippen LogP contribution in [0.3, 0.4) is 0 Å². The Balaban J connectivity index is 1.52. The number of nitrogens with one attached hydrogen (secondary N) is 2. The smallest absolute Gasteiger partial charge is 0.341 e. The Hall–Kier alpha value is -4.78. The Morgan fingerprint density at radius 2 is 1.62 bits per heavy atom. The summed E-state index contributed by atoms with van der Waals surface area (Å²) in [5.74, 6) is -4.14. The van der Waals surface area contributed by atoms with Gasteiger partial charge in [0.15, 0.2) is 6.10 Å². The minimum absolute atomic E-state index is 0.00580. The minimum Gasteiger partial charge on any atom is -0.449 e. The number of benzene rings is 3. The summed E-state index contributed by atoms with van der Waals surface area (Å²) in [5.41, 5.74) is 0.00908. The average molecular weight is 571 g/mol. The van der Waals surface area contributed by atoms with Gasteiger partial charge in [0.1, 0.15) is 22.2 Å². The second-order valence-corrected chi connectivity index (χ2v) is 10.3. The lowest BCUT2D eigenvalue weighted by molar-refractivity contribution is -0.123. The third-order valence-electron chi connectivity index (χ3n) is 6.03. The summed E-state index contributed by atoms with van der Waals surface area (Å²) in [6.45, 7) is 2.92. The van der Waals surface area contributed by atoms with Crippen LogP contribution in [0.5, 0.6) is 0 Å². The zero-order valence-electron chi connectivity index (χ0n) is 21.5. The zero-order chi connectivity index (χ0) is 29.2. The highest BCUT2D eigenvalue weighted by Gasteiger charge is 2.26. The van der Waals surface area contributed by atoms with Crippen LogP contribution in [0.4, 0.5) is 20.2 Å². The average Bonchev–Trinajstić information content (AvgIpc) is 3.11. The van der Waals surface area contributed by atoms with E-state index in [9.17, 15) is 31.6 Å². The van der Waals surface area contributed by atoms with Gasteiger partial charge in [0.2, 0.25) is 0 Å².